The van der Waals surface area contributed by atoms with Crippen molar-refractivity contribution in [2.45, 2.75) is 23.8 Å². The molecule has 0 saturated heterocycles. The number of benzene rings is 1. The maximum absolute atomic E-state index is 13.3. The molecule has 7 heteroatoms. The molecule has 1 aromatic rings. The Morgan fingerprint density at radius 1 is 1.44 bits per heavy atom. The van der Waals surface area contributed by atoms with Gasteiger partial charge >= 0.3 is 0 Å². The van der Waals surface area contributed by atoms with Crippen molar-refractivity contribution in [3.8, 4) is 0 Å². The minimum absolute atomic E-state index is 0.0944. The van der Waals surface area contributed by atoms with Crippen LogP contribution in [-0.2, 0) is 10.0 Å². The summed E-state index contributed by atoms with van der Waals surface area (Å²) < 4.78 is 39.6. The average molecular weight is 338 g/mol. The van der Waals surface area contributed by atoms with Crippen LogP contribution in [0.2, 0.25) is 0 Å². The molecule has 0 spiro atoms. The molecule has 0 radical (unpaired) electrons. The molecule has 1 aliphatic carbocycles. The Hall–Kier alpha value is -0.500. The molecule has 1 aliphatic rings. The zero-order valence-electron chi connectivity index (χ0n) is 9.44. The van der Waals surface area contributed by atoms with Crippen molar-refractivity contribution >= 4 is 26.0 Å². The molecule has 18 heavy (non-hydrogen) atoms. The maximum atomic E-state index is 13.3. The predicted molar refractivity (Wildman–Crippen MR) is 68.0 cm³/mol. The molecule has 0 aromatic heterocycles. The molecule has 0 aliphatic heterocycles. The number of rotatable bonds is 4. The van der Waals surface area contributed by atoms with Crippen LogP contribution in [0.1, 0.15) is 12.8 Å². The third-order valence-electron chi connectivity index (χ3n) is 2.97. The van der Waals surface area contributed by atoms with Crippen LogP contribution in [0.4, 0.5) is 4.39 Å². The maximum Gasteiger partial charge on any atom is 0.240 e. The molecule has 0 unspecified atom stereocenters. The summed E-state index contributed by atoms with van der Waals surface area (Å²) in [6, 6.07) is 3.67. The number of aliphatic hydroxyl groups is 1. The van der Waals surface area contributed by atoms with Crippen molar-refractivity contribution in [2.24, 2.45) is 5.92 Å². The number of aliphatic hydroxyl groups excluding tert-OH is 1. The van der Waals surface area contributed by atoms with Crippen LogP contribution >= 0.6 is 15.9 Å². The number of halogens is 2. The fourth-order valence-electron chi connectivity index (χ4n) is 1.82. The van der Waals surface area contributed by atoms with Crippen LogP contribution in [0, 0.1) is 11.7 Å². The normalized spacial score (nSPS) is 23.7. The van der Waals surface area contributed by atoms with Gasteiger partial charge in [0, 0.05) is 6.54 Å². The first-order valence-corrected chi connectivity index (χ1v) is 7.79. The standard InChI is InChI=1S/C11H13BrFNO3S/c12-10-2-1-9(5-11(10)13)18(16,17)14-6-7-3-8(15)4-7/h1-2,5,7-8,14-15H,3-4,6H2. The molecule has 2 rings (SSSR count). The van der Waals surface area contributed by atoms with Gasteiger partial charge in [-0.15, -0.1) is 0 Å². The van der Waals surface area contributed by atoms with Crippen molar-refractivity contribution < 1.29 is 17.9 Å². The highest BCUT2D eigenvalue weighted by Gasteiger charge is 2.28. The summed E-state index contributed by atoms with van der Waals surface area (Å²) in [7, 11) is -3.68. The van der Waals surface area contributed by atoms with E-state index >= 15 is 0 Å². The second-order valence-electron chi connectivity index (χ2n) is 4.42. The Kier molecular flexibility index (Phi) is 4.05. The number of hydrogen-bond acceptors (Lipinski definition) is 3. The van der Waals surface area contributed by atoms with E-state index < -0.39 is 15.8 Å². The smallest absolute Gasteiger partial charge is 0.240 e. The van der Waals surface area contributed by atoms with Gasteiger partial charge in [0.15, 0.2) is 0 Å². The van der Waals surface area contributed by atoms with Gasteiger partial charge in [-0.2, -0.15) is 0 Å². The molecule has 0 bridgehead atoms. The summed E-state index contributed by atoms with van der Waals surface area (Å²) in [6.07, 6.45) is 0.902. The van der Waals surface area contributed by atoms with Crippen molar-refractivity contribution in [2.75, 3.05) is 6.54 Å². The van der Waals surface area contributed by atoms with E-state index in [-0.39, 0.29) is 27.9 Å². The summed E-state index contributed by atoms with van der Waals surface area (Å²) in [5.41, 5.74) is 0. The van der Waals surface area contributed by atoms with Gasteiger partial charge in [0.2, 0.25) is 10.0 Å². The van der Waals surface area contributed by atoms with Crippen LogP contribution < -0.4 is 4.72 Å². The van der Waals surface area contributed by atoms with Crippen LogP contribution in [0.5, 0.6) is 0 Å². The minimum Gasteiger partial charge on any atom is -0.393 e. The van der Waals surface area contributed by atoms with E-state index in [2.05, 4.69) is 20.7 Å². The lowest BCUT2D eigenvalue weighted by Gasteiger charge is -2.31. The van der Waals surface area contributed by atoms with E-state index in [1.807, 2.05) is 0 Å². The van der Waals surface area contributed by atoms with Crippen LogP contribution in [0.3, 0.4) is 0 Å². The Morgan fingerprint density at radius 3 is 2.67 bits per heavy atom. The van der Waals surface area contributed by atoms with E-state index in [9.17, 15) is 12.8 Å². The highest BCUT2D eigenvalue weighted by atomic mass is 79.9. The van der Waals surface area contributed by atoms with Gasteiger partial charge < -0.3 is 5.11 Å². The minimum atomic E-state index is -3.68. The van der Waals surface area contributed by atoms with E-state index in [1.165, 1.54) is 12.1 Å². The molecule has 1 aromatic carbocycles. The fraction of sp³-hybridized carbons (Fsp3) is 0.455. The molecule has 4 nitrogen and oxygen atoms in total. The molecular formula is C11H13BrFNO3S. The van der Waals surface area contributed by atoms with Crippen LogP contribution in [0.25, 0.3) is 0 Å². The first-order chi connectivity index (χ1) is 8.38. The number of sulfonamides is 1. The van der Waals surface area contributed by atoms with E-state index in [0.29, 0.717) is 12.8 Å². The summed E-state index contributed by atoms with van der Waals surface area (Å²) in [5, 5.41) is 9.10. The monoisotopic (exact) mass is 337 g/mol. The predicted octanol–water partition coefficient (Wildman–Crippen LogP) is 1.64. The number of hydrogen-bond donors (Lipinski definition) is 2. The first-order valence-electron chi connectivity index (χ1n) is 5.51. The van der Waals surface area contributed by atoms with Gasteiger partial charge in [-0.05, 0) is 52.9 Å². The van der Waals surface area contributed by atoms with Gasteiger partial charge in [0.05, 0.1) is 15.5 Å². The van der Waals surface area contributed by atoms with Crippen LogP contribution in [-0.4, -0.2) is 26.2 Å². The molecule has 1 saturated carbocycles. The average Bonchev–Trinajstić information content (AvgIpc) is 2.26. The molecule has 2 N–H and O–H groups in total. The quantitative estimate of drug-likeness (QED) is 0.877. The van der Waals surface area contributed by atoms with E-state index in [0.717, 1.165) is 6.07 Å². The Labute approximate surface area is 113 Å². The summed E-state index contributed by atoms with van der Waals surface area (Å²) >= 11 is 2.97. The zero-order valence-corrected chi connectivity index (χ0v) is 11.8. The summed E-state index contributed by atoms with van der Waals surface area (Å²) in [5.74, 6) is -0.452. The highest BCUT2D eigenvalue weighted by Crippen LogP contribution is 2.27. The molecule has 0 heterocycles. The van der Waals surface area contributed by atoms with E-state index in [4.69, 9.17) is 5.11 Å². The van der Waals surface area contributed by atoms with Crippen molar-refractivity contribution in [3.63, 3.8) is 0 Å². The Morgan fingerprint density at radius 2 is 2.11 bits per heavy atom. The topological polar surface area (TPSA) is 66.4 Å². The first kappa shape index (κ1) is 13.9. The SMILES string of the molecule is O=S(=O)(NCC1CC(O)C1)c1ccc(Br)c(F)c1. The zero-order chi connectivity index (χ0) is 13.3. The highest BCUT2D eigenvalue weighted by molar-refractivity contribution is 9.10. The second-order valence-corrected chi connectivity index (χ2v) is 7.04. The third kappa shape index (κ3) is 3.09. The van der Waals surface area contributed by atoms with Crippen molar-refractivity contribution in [1.29, 1.82) is 0 Å². The van der Waals surface area contributed by atoms with Gasteiger partial charge in [0.25, 0.3) is 0 Å². The van der Waals surface area contributed by atoms with Gasteiger partial charge in [-0.25, -0.2) is 17.5 Å². The lowest BCUT2D eigenvalue weighted by atomic mass is 9.83. The molecule has 0 amide bonds. The lowest BCUT2D eigenvalue weighted by molar-refractivity contribution is 0.0453. The van der Waals surface area contributed by atoms with Gasteiger partial charge in [-0.1, -0.05) is 0 Å². The summed E-state index contributed by atoms with van der Waals surface area (Å²) in [6.45, 7) is 0.275. The van der Waals surface area contributed by atoms with E-state index in [1.54, 1.807) is 0 Å². The Bertz CT molecular complexity index is 543. The Balaban J connectivity index is 2.03. The molecule has 100 valence electrons. The van der Waals surface area contributed by atoms with Gasteiger partial charge in [0.1, 0.15) is 5.82 Å². The van der Waals surface area contributed by atoms with Crippen molar-refractivity contribution in [1.82, 2.24) is 4.72 Å². The summed E-state index contributed by atoms with van der Waals surface area (Å²) in [4.78, 5) is -0.0944. The van der Waals surface area contributed by atoms with Gasteiger partial charge in [-0.3, -0.25) is 0 Å². The largest absolute Gasteiger partial charge is 0.393 e. The second kappa shape index (κ2) is 5.24. The fourth-order valence-corrected chi connectivity index (χ4v) is 3.20. The molecule has 1 fully saturated rings. The molecular weight excluding hydrogens is 325 g/mol. The lowest BCUT2D eigenvalue weighted by Crippen LogP contribution is -2.38. The van der Waals surface area contributed by atoms with Crippen molar-refractivity contribution in [3.05, 3.63) is 28.5 Å². The molecule has 0 atom stereocenters. The van der Waals surface area contributed by atoms with Crippen LogP contribution in [0.15, 0.2) is 27.6 Å². The third-order valence-corrected chi connectivity index (χ3v) is 5.04. The number of nitrogens with one attached hydrogen (secondary N) is 1.